The molecule has 3 N–H and O–H groups in total. The van der Waals surface area contributed by atoms with Gasteiger partial charge in [0.25, 0.3) is 0 Å². The zero-order valence-electron chi connectivity index (χ0n) is 22.4. The largest absolute Gasteiger partial charge is 0.381 e. The van der Waals surface area contributed by atoms with E-state index in [9.17, 15) is 19.5 Å². The van der Waals surface area contributed by atoms with Crippen LogP contribution in [0.4, 0.5) is 0 Å². The molecule has 0 radical (unpaired) electrons. The number of aliphatic hydroxyl groups is 1. The van der Waals surface area contributed by atoms with E-state index in [2.05, 4.69) is 36.3 Å². The highest BCUT2D eigenvalue weighted by atomic mass is 16.3. The van der Waals surface area contributed by atoms with Crippen molar-refractivity contribution in [1.29, 1.82) is 0 Å². The van der Waals surface area contributed by atoms with Gasteiger partial charge in [0.1, 0.15) is 11.5 Å². The number of aromatic amines is 1. The molecular formula is C32H36N2O4. The number of hydrogen-bond donors (Lipinski definition) is 3. The van der Waals surface area contributed by atoms with Crippen LogP contribution in [0.2, 0.25) is 0 Å². The Hall–Kier alpha value is -3.51. The number of benzene rings is 1. The number of para-hydroxylation sites is 1. The number of H-pyrrole nitrogens is 1. The van der Waals surface area contributed by atoms with Gasteiger partial charge in [-0.2, -0.15) is 0 Å². The summed E-state index contributed by atoms with van der Waals surface area (Å²) in [4.78, 5) is 44.2. The van der Waals surface area contributed by atoms with E-state index in [0.717, 1.165) is 28.1 Å². The van der Waals surface area contributed by atoms with E-state index in [0.29, 0.717) is 18.4 Å². The summed E-state index contributed by atoms with van der Waals surface area (Å²) in [6.07, 6.45) is 12.3. The van der Waals surface area contributed by atoms with Crippen LogP contribution < -0.4 is 5.32 Å². The molecule has 6 nitrogen and oxygen atoms in total. The summed E-state index contributed by atoms with van der Waals surface area (Å²) < 4.78 is 0. The van der Waals surface area contributed by atoms with E-state index in [1.165, 1.54) is 6.08 Å². The van der Waals surface area contributed by atoms with Gasteiger partial charge < -0.3 is 15.4 Å². The number of hydrogen-bond acceptors (Lipinski definition) is 4. The van der Waals surface area contributed by atoms with Crippen LogP contribution in [0, 0.1) is 29.1 Å². The molecule has 1 aromatic carbocycles. The highest BCUT2D eigenvalue weighted by Gasteiger charge is 2.64. The third-order valence-corrected chi connectivity index (χ3v) is 8.90. The Morgan fingerprint density at radius 2 is 1.79 bits per heavy atom. The maximum absolute atomic E-state index is 14.1. The van der Waals surface area contributed by atoms with Crippen molar-refractivity contribution in [2.45, 2.75) is 52.7 Å². The molecule has 2 heterocycles. The molecule has 2 aromatic rings. The van der Waals surface area contributed by atoms with Gasteiger partial charge in [0, 0.05) is 35.0 Å². The molecular weight excluding hydrogens is 476 g/mol. The molecule has 7 unspecified atom stereocenters. The second kappa shape index (κ2) is 9.99. The summed E-state index contributed by atoms with van der Waals surface area (Å²) in [5.74, 6) is -1.92. The first-order valence-electron chi connectivity index (χ1n) is 13.5. The molecule has 5 rings (SSSR count). The van der Waals surface area contributed by atoms with Crippen LogP contribution in [0.3, 0.4) is 0 Å². The van der Waals surface area contributed by atoms with E-state index >= 15 is 0 Å². The smallest absolute Gasteiger partial charge is 0.235 e. The fourth-order valence-electron chi connectivity index (χ4n) is 6.83. The molecule has 198 valence electrons. The van der Waals surface area contributed by atoms with Gasteiger partial charge in [0.15, 0.2) is 11.6 Å². The van der Waals surface area contributed by atoms with Crippen molar-refractivity contribution in [1.82, 2.24) is 10.3 Å². The molecule has 1 spiro atoms. The zero-order chi connectivity index (χ0) is 27.2. The van der Waals surface area contributed by atoms with E-state index in [1.54, 1.807) is 6.92 Å². The Morgan fingerprint density at radius 3 is 2.58 bits per heavy atom. The lowest BCUT2D eigenvalue weighted by atomic mass is 9.55. The highest BCUT2D eigenvalue weighted by Crippen LogP contribution is 2.54. The number of aliphatic hydroxyl groups excluding tert-OH is 1. The zero-order valence-corrected chi connectivity index (χ0v) is 22.4. The van der Waals surface area contributed by atoms with Crippen LogP contribution in [0.5, 0.6) is 0 Å². The maximum atomic E-state index is 14.1. The molecule has 3 aliphatic rings. The maximum Gasteiger partial charge on any atom is 0.235 e. The SMILES string of the molecule is CC1=CC2/C=C\CC(C)/C=C(/C)C(O)C(=O)/C=C\C(=O)C23C(=O)NC(Cc2c[nH]c4ccccc24)C3C1C. The molecule has 6 heteroatoms. The molecule has 0 bridgehead atoms. The molecule has 2 aliphatic carbocycles. The number of carbonyl (C=O) groups is 3. The molecule has 1 saturated heterocycles. The van der Waals surface area contributed by atoms with Crippen molar-refractivity contribution in [3.8, 4) is 0 Å². The Morgan fingerprint density at radius 1 is 1.03 bits per heavy atom. The number of ketones is 2. The second-order valence-electron chi connectivity index (χ2n) is 11.3. The topological polar surface area (TPSA) is 99.3 Å². The highest BCUT2D eigenvalue weighted by molar-refractivity contribution is 6.15. The van der Waals surface area contributed by atoms with Crippen molar-refractivity contribution < 1.29 is 19.5 Å². The summed E-state index contributed by atoms with van der Waals surface area (Å²) in [5, 5.41) is 14.8. The molecule has 1 amide bonds. The van der Waals surface area contributed by atoms with Gasteiger partial charge in [-0.1, -0.05) is 61.9 Å². The summed E-state index contributed by atoms with van der Waals surface area (Å²) in [6.45, 7) is 7.90. The molecule has 38 heavy (non-hydrogen) atoms. The van der Waals surface area contributed by atoms with Gasteiger partial charge in [-0.25, -0.2) is 0 Å². The summed E-state index contributed by atoms with van der Waals surface area (Å²) in [7, 11) is 0. The van der Waals surface area contributed by atoms with Crippen LogP contribution in [-0.2, 0) is 20.8 Å². The normalized spacial score (nSPS) is 37.0. The minimum absolute atomic E-state index is 0.0223. The predicted molar refractivity (Wildman–Crippen MR) is 148 cm³/mol. The summed E-state index contributed by atoms with van der Waals surface area (Å²) in [5.41, 5.74) is 2.47. The Kier molecular flexibility index (Phi) is 6.86. The first-order chi connectivity index (χ1) is 18.1. The summed E-state index contributed by atoms with van der Waals surface area (Å²) in [6, 6.07) is 7.82. The third-order valence-electron chi connectivity index (χ3n) is 8.90. The molecule has 1 aromatic heterocycles. The van der Waals surface area contributed by atoms with Crippen molar-refractivity contribution >= 4 is 28.4 Å². The third kappa shape index (κ3) is 4.21. The van der Waals surface area contributed by atoms with E-state index in [1.807, 2.05) is 49.5 Å². The number of fused-ring (bicyclic) bond motifs is 1. The molecule has 0 saturated carbocycles. The fraction of sp³-hybridized carbons (Fsp3) is 0.406. The quantitative estimate of drug-likeness (QED) is 0.404. The molecule has 1 aliphatic heterocycles. The number of carbonyl (C=O) groups excluding carboxylic acids is 3. The average Bonchev–Trinajstić information content (AvgIpc) is 3.43. The van der Waals surface area contributed by atoms with Crippen molar-refractivity contribution in [3.63, 3.8) is 0 Å². The number of amides is 1. The first kappa shape index (κ1) is 26.1. The van der Waals surface area contributed by atoms with Gasteiger partial charge in [-0.15, -0.1) is 0 Å². The lowest BCUT2D eigenvalue weighted by Gasteiger charge is -2.44. The van der Waals surface area contributed by atoms with Gasteiger partial charge in [0.2, 0.25) is 5.91 Å². The predicted octanol–water partition coefficient (Wildman–Crippen LogP) is 4.62. The van der Waals surface area contributed by atoms with Crippen LogP contribution >= 0.6 is 0 Å². The molecule has 1 fully saturated rings. The monoisotopic (exact) mass is 512 g/mol. The van der Waals surface area contributed by atoms with Crippen LogP contribution in [0.15, 0.2) is 78.1 Å². The number of allylic oxidation sites excluding steroid dienone is 6. The minimum atomic E-state index is -1.37. The lowest BCUT2D eigenvalue weighted by molar-refractivity contribution is -0.142. The Bertz CT molecular complexity index is 1410. The van der Waals surface area contributed by atoms with Gasteiger partial charge >= 0.3 is 0 Å². The van der Waals surface area contributed by atoms with Crippen LogP contribution in [0.1, 0.15) is 39.7 Å². The van der Waals surface area contributed by atoms with Crippen molar-refractivity contribution in [2.75, 3.05) is 0 Å². The lowest BCUT2D eigenvalue weighted by Crippen LogP contribution is -2.51. The summed E-state index contributed by atoms with van der Waals surface area (Å²) >= 11 is 0. The number of rotatable bonds is 2. The van der Waals surface area contributed by atoms with Gasteiger partial charge in [0.05, 0.1) is 0 Å². The van der Waals surface area contributed by atoms with E-state index < -0.39 is 23.2 Å². The minimum Gasteiger partial charge on any atom is -0.381 e. The standard InChI is InChI=1S/C32H36N2O4/c1-18-8-7-9-23-15-19(2)21(4)29-26(16-22-17-33-25-11-6-5-10-24(22)25)34-31(38)32(23,29)28(36)13-12-27(35)30(37)20(3)14-18/h5-7,9-15,17-18,21,23,26,29-30,33,37H,8,16H2,1-4H3,(H,34,38)/b9-7-,13-12-,20-14-. The van der Waals surface area contributed by atoms with E-state index in [-0.39, 0.29) is 35.5 Å². The van der Waals surface area contributed by atoms with Crippen molar-refractivity contribution in [3.05, 3.63) is 83.6 Å². The van der Waals surface area contributed by atoms with Crippen molar-refractivity contribution in [2.24, 2.45) is 29.1 Å². The van der Waals surface area contributed by atoms with Gasteiger partial charge in [-0.05, 0) is 67.9 Å². The number of nitrogens with one attached hydrogen (secondary N) is 2. The number of aromatic nitrogens is 1. The van der Waals surface area contributed by atoms with Crippen LogP contribution in [-0.4, -0.2) is 39.7 Å². The van der Waals surface area contributed by atoms with E-state index in [4.69, 9.17) is 0 Å². The molecule has 7 atom stereocenters. The first-order valence-corrected chi connectivity index (χ1v) is 13.5. The second-order valence-corrected chi connectivity index (χ2v) is 11.3. The Labute approximate surface area is 223 Å². The van der Waals surface area contributed by atoms with Crippen LogP contribution in [0.25, 0.3) is 10.9 Å². The average molecular weight is 513 g/mol. The Balaban J connectivity index is 1.61. The van der Waals surface area contributed by atoms with Gasteiger partial charge in [-0.3, -0.25) is 14.4 Å². The fourth-order valence-corrected chi connectivity index (χ4v) is 6.83.